The number of aromatic nitrogens is 2. The van der Waals surface area contributed by atoms with Gasteiger partial charge in [0, 0.05) is 0 Å². The van der Waals surface area contributed by atoms with E-state index >= 15 is 0 Å². The summed E-state index contributed by atoms with van der Waals surface area (Å²) in [6.45, 7) is 3.90. The monoisotopic (exact) mass is 224 g/mol. The summed E-state index contributed by atoms with van der Waals surface area (Å²) in [4.78, 5) is 7.36. The van der Waals surface area contributed by atoms with Crippen molar-refractivity contribution in [3.63, 3.8) is 0 Å². The van der Waals surface area contributed by atoms with Crippen molar-refractivity contribution in [1.82, 2.24) is 9.97 Å². The third kappa shape index (κ3) is 1.42. The summed E-state index contributed by atoms with van der Waals surface area (Å²) in [7, 11) is 0. The van der Waals surface area contributed by atoms with E-state index in [0.29, 0.717) is 9.66 Å². The predicted molar refractivity (Wildman–Crippen MR) is 61.4 cm³/mol. The third-order valence-corrected chi connectivity index (χ3v) is 2.76. The first-order valence-corrected chi connectivity index (χ1v) is 5.04. The average Bonchev–Trinajstić information content (AvgIpc) is 2.10. The lowest BCUT2D eigenvalue weighted by Crippen LogP contribution is -1.92. The molecule has 1 aromatic carbocycles. The highest BCUT2D eigenvalue weighted by molar-refractivity contribution is 7.71. The lowest BCUT2D eigenvalue weighted by Gasteiger charge is -2.05. The van der Waals surface area contributed by atoms with E-state index in [0.717, 1.165) is 22.3 Å². The molecule has 0 radical (unpaired) electrons. The van der Waals surface area contributed by atoms with Crippen LogP contribution in [0.5, 0.6) is 0 Å². The van der Waals surface area contributed by atoms with Crippen molar-refractivity contribution in [2.75, 3.05) is 0 Å². The number of hydrogen-bond acceptors (Lipinski definition) is 2. The minimum atomic E-state index is 0.560. The second-order valence-electron chi connectivity index (χ2n) is 3.24. The molecule has 0 spiro atoms. The van der Waals surface area contributed by atoms with E-state index < -0.39 is 0 Å². The highest BCUT2D eigenvalue weighted by atomic mass is 35.5. The Labute approximate surface area is 91.9 Å². The van der Waals surface area contributed by atoms with Crippen molar-refractivity contribution in [3.8, 4) is 0 Å². The quantitative estimate of drug-likeness (QED) is 0.694. The Kier molecular flexibility index (Phi) is 2.29. The largest absolute Gasteiger partial charge is 0.343 e. The Balaban J connectivity index is 3.08. The van der Waals surface area contributed by atoms with Crippen molar-refractivity contribution in [3.05, 3.63) is 33.2 Å². The molecule has 0 saturated heterocycles. The maximum absolute atomic E-state index is 6.06. The molecule has 1 N–H and O–H groups in total. The molecule has 2 aromatic rings. The van der Waals surface area contributed by atoms with Crippen LogP contribution in [0.4, 0.5) is 0 Å². The molecule has 2 rings (SSSR count). The van der Waals surface area contributed by atoms with Crippen molar-refractivity contribution < 1.29 is 0 Å². The number of aryl methyl sites for hydroxylation is 2. The predicted octanol–water partition coefficient (Wildman–Crippen LogP) is 3.56. The molecule has 0 atom stereocenters. The van der Waals surface area contributed by atoms with E-state index in [2.05, 4.69) is 9.97 Å². The molecule has 14 heavy (non-hydrogen) atoms. The van der Waals surface area contributed by atoms with E-state index in [1.54, 1.807) is 0 Å². The fourth-order valence-electron chi connectivity index (χ4n) is 1.47. The minimum absolute atomic E-state index is 0.560. The van der Waals surface area contributed by atoms with Crippen molar-refractivity contribution >= 4 is 34.7 Å². The third-order valence-electron chi connectivity index (χ3n) is 2.15. The fraction of sp³-hybridized carbons (Fsp3) is 0.200. The summed E-state index contributed by atoms with van der Waals surface area (Å²) in [5.74, 6) is 0.813. The smallest absolute Gasteiger partial charge is 0.139 e. The normalized spacial score (nSPS) is 10.8. The van der Waals surface area contributed by atoms with E-state index in [1.807, 2.05) is 26.0 Å². The molecule has 0 unspecified atom stereocenters. The van der Waals surface area contributed by atoms with Gasteiger partial charge in [-0.3, -0.25) is 0 Å². The van der Waals surface area contributed by atoms with Crippen LogP contribution >= 0.6 is 23.8 Å². The molecule has 1 aromatic heterocycles. The lowest BCUT2D eigenvalue weighted by molar-refractivity contribution is 1.08. The summed E-state index contributed by atoms with van der Waals surface area (Å²) in [6, 6.07) is 3.81. The highest BCUT2D eigenvalue weighted by Gasteiger charge is 2.05. The van der Waals surface area contributed by atoms with Crippen LogP contribution in [0.25, 0.3) is 10.9 Å². The van der Waals surface area contributed by atoms with Gasteiger partial charge in [-0.15, -0.1) is 0 Å². The van der Waals surface area contributed by atoms with Crippen LogP contribution in [0.15, 0.2) is 12.1 Å². The maximum Gasteiger partial charge on any atom is 0.139 e. The number of hydrogen-bond donors (Lipinski definition) is 1. The van der Waals surface area contributed by atoms with Gasteiger partial charge in [-0.1, -0.05) is 29.9 Å². The van der Waals surface area contributed by atoms with E-state index in [4.69, 9.17) is 23.8 Å². The van der Waals surface area contributed by atoms with Crippen molar-refractivity contribution in [1.29, 1.82) is 0 Å². The summed E-state index contributed by atoms with van der Waals surface area (Å²) in [5.41, 5.74) is 2.11. The zero-order valence-electron chi connectivity index (χ0n) is 7.89. The summed E-state index contributed by atoms with van der Waals surface area (Å²) in [5, 5.41) is 1.49. The standard InChI is InChI=1S/C10H9ClN2S/c1-5-3-4-7(11)8-9(5)12-6(2)13-10(8)14/h3-4H,1-2H3,(H,12,13,14). The van der Waals surface area contributed by atoms with Crippen molar-refractivity contribution in [2.45, 2.75) is 13.8 Å². The number of rotatable bonds is 0. The zero-order chi connectivity index (χ0) is 10.3. The summed E-state index contributed by atoms with van der Waals surface area (Å²) >= 11 is 11.2. The number of benzene rings is 1. The molecule has 0 aliphatic heterocycles. The van der Waals surface area contributed by atoms with Gasteiger partial charge in [-0.05, 0) is 25.5 Å². The molecule has 0 saturated carbocycles. The molecule has 0 aliphatic rings. The first-order valence-electron chi connectivity index (χ1n) is 4.25. The number of halogens is 1. The lowest BCUT2D eigenvalue weighted by atomic mass is 10.1. The molecule has 0 bridgehead atoms. The topological polar surface area (TPSA) is 28.7 Å². The van der Waals surface area contributed by atoms with Gasteiger partial charge in [0.2, 0.25) is 0 Å². The fourth-order valence-corrected chi connectivity index (χ4v) is 2.12. The molecule has 0 aliphatic carbocycles. The molecule has 4 heteroatoms. The zero-order valence-corrected chi connectivity index (χ0v) is 9.46. The molecule has 0 fully saturated rings. The maximum atomic E-state index is 6.06. The van der Waals surface area contributed by atoms with Gasteiger partial charge < -0.3 is 4.98 Å². The number of nitrogens with one attached hydrogen (secondary N) is 1. The van der Waals surface area contributed by atoms with Crippen LogP contribution in [0.1, 0.15) is 11.4 Å². The highest BCUT2D eigenvalue weighted by Crippen LogP contribution is 2.25. The Morgan fingerprint density at radius 2 is 2.07 bits per heavy atom. The van der Waals surface area contributed by atoms with Crippen LogP contribution in [0.3, 0.4) is 0 Å². The van der Waals surface area contributed by atoms with Gasteiger partial charge in [0.05, 0.1) is 15.9 Å². The summed E-state index contributed by atoms with van der Waals surface area (Å²) in [6.07, 6.45) is 0. The van der Waals surface area contributed by atoms with Gasteiger partial charge in [-0.2, -0.15) is 0 Å². The van der Waals surface area contributed by atoms with Gasteiger partial charge in [0.25, 0.3) is 0 Å². The molecule has 0 amide bonds. The average molecular weight is 225 g/mol. The van der Waals surface area contributed by atoms with Crippen molar-refractivity contribution in [2.24, 2.45) is 0 Å². The number of fused-ring (bicyclic) bond motifs is 1. The Bertz CT molecular complexity index is 560. The van der Waals surface area contributed by atoms with Gasteiger partial charge in [-0.25, -0.2) is 4.98 Å². The first-order chi connectivity index (χ1) is 6.59. The van der Waals surface area contributed by atoms with Crippen LogP contribution in [0, 0.1) is 18.5 Å². The summed E-state index contributed by atoms with van der Waals surface area (Å²) < 4.78 is 0.560. The molecule has 72 valence electrons. The van der Waals surface area contributed by atoms with Crippen LogP contribution in [-0.2, 0) is 0 Å². The molecular weight excluding hydrogens is 216 g/mol. The molecule has 2 nitrogen and oxygen atoms in total. The van der Waals surface area contributed by atoms with E-state index in [1.165, 1.54) is 0 Å². The SMILES string of the molecule is Cc1nc(=S)c2c(Cl)ccc(C)c2[nH]1. The first kappa shape index (κ1) is 9.62. The minimum Gasteiger partial charge on any atom is -0.343 e. The molecular formula is C10H9ClN2S. The second-order valence-corrected chi connectivity index (χ2v) is 4.04. The Hall–Kier alpha value is -0.930. The number of nitrogens with zero attached hydrogens (tertiary/aromatic N) is 1. The Morgan fingerprint density at radius 3 is 2.79 bits per heavy atom. The number of aromatic amines is 1. The van der Waals surface area contributed by atoms with Crippen LogP contribution < -0.4 is 0 Å². The van der Waals surface area contributed by atoms with Gasteiger partial charge >= 0.3 is 0 Å². The van der Waals surface area contributed by atoms with Crippen LogP contribution in [-0.4, -0.2) is 9.97 Å². The van der Waals surface area contributed by atoms with Gasteiger partial charge in [0.1, 0.15) is 10.5 Å². The van der Waals surface area contributed by atoms with E-state index in [-0.39, 0.29) is 0 Å². The Morgan fingerprint density at radius 1 is 1.36 bits per heavy atom. The van der Waals surface area contributed by atoms with Gasteiger partial charge in [0.15, 0.2) is 0 Å². The molecule has 1 heterocycles. The van der Waals surface area contributed by atoms with Crippen LogP contribution in [0.2, 0.25) is 5.02 Å². The number of H-pyrrole nitrogens is 1. The van der Waals surface area contributed by atoms with E-state index in [9.17, 15) is 0 Å². The second kappa shape index (κ2) is 3.33.